The van der Waals surface area contributed by atoms with Gasteiger partial charge in [-0.3, -0.25) is 0 Å². The van der Waals surface area contributed by atoms with Crippen molar-refractivity contribution < 1.29 is 9.84 Å². The lowest BCUT2D eigenvalue weighted by Crippen LogP contribution is -2.09. The van der Waals surface area contributed by atoms with Crippen LogP contribution in [0.3, 0.4) is 0 Å². The Hall–Kier alpha value is -1.02. The maximum atomic E-state index is 10.0. The van der Waals surface area contributed by atoms with Crippen molar-refractivity contribution in [3.8, 4) is 5.75 Å². The second kappa shape index (κ2) is 8.21. The van der Waals surface area contributed by atoms with Gasteiger partial charge in [-0.05, 0) is 31.7 Å². The maximum absolute atomic E-state index is 10.0. The van der Waals surface area contributed by atoms with E-state index in [0.717, 1.165) is 17.7 Å². The van der Waals surface area contributed by atoms with Gasteiger partial charge in [0.1, 0.15) is 5.75 Å². The molecule has 0 spiro atoms. The fourth-order valence-electron chi connectivity index (χ4n) is 2.39. The van der Waals surface area contributed by atoms with Crippen LogP contribution in [0.4, 0.5) is 0 Å². The molecule has 2 heteroatoms. The summed E-state index contributed by atoms with van der Waals surface area (Å²) in [4.78, 5) is 0. The highest BCUT2D eigenvalue weighted by Gasteiger charge is 2.09. The Bertz CT molecular complexity index is 385. The smallest absolute Gasteiger partial charge is 0.124 e. The molecular formula is C17H28O2. The van der Waals surface area contributed by atoms with E-state index in [4.69, 9.17) is 4.74 Å². The summed E-state index contributed by atoms with van der Waals surface area (Å²) >= 11 is 0. The summed E-state index contributed by atoms with van der Waals surface area (Å²) in [6.07, 6.45) is 4.93. The van der Waals surface area contributed by atoms with E-state index in [2.05, 4.69) is 13.8 Å². The normalized spacial score (nSPS) is 12.6. The molecule has 0 heterocycles. The van der Waals surface area contributed by atoms with Gasteiger partial charge in [-0.1, -0.05) is 50.8 Å². The van der Waals surface area contributed by atoms with E-state index in [9.17, 15) is 5.11 Å². The minimum atomic E-state index is 0.382. The predicted octanol–water partition coefficient (Wildman–Crippen LogP) is 4.74. The summed E-state index contributed by atoms with van der Waals surface area (Å²) in [5.74, 6) is 1.03. The van der Waals surface area contributed by atoms with Crippen LogP contribution in [-0.4, -0.2) is 11.7 Å². The summed E-state index contributed by atoms with van der Waals surface area (Å²) in [6.45, 7) is 9.73. The monoisotopic (exact) mass is 264 g/mol. The van der Waals surface area contributed by atoms with E-state index >= 15 is 0 Å². The molecule has 1 unspecified atom stereocenters. The summed E-state index contributed by atoms with van der Waals surface area (Å²) in [5.41, 5.74) is 3.01. The number of phenolic OH excluding ortho intramolecular Hbond substituents is 1. The van der Waals surface area contributed by atoms with Crippen LogP contribution in [0, 0.1) is 19.8 Å². The van der Waals surface area contributed by atoms with Gasteiger partial charge < -0.3 is 9.84 Å². The van der Waals surface area contributed by atoms with Crippen molar-refractivity contribution in [2.45, 2.75) is 60.0 Å². The van der Waals surface area contributed by atoms with Crippen LogP contribution in [0.15, 0.2) is 12.1 Å². The molecule has 0 saturated heterocycles. The van der Waals surface area contributed by atoms with Gasteiger partial charge in [0, 0.05) is 12.2 Å². The highest BCUT2D eigenvalue weighted by Crippen LogP contribution is 2.24. The van der Waals surface area contributed by atoms with E-state index in [0.29, 0.717) is 18.3 Å². The zero-order valence-corrected chi connectivity index (χ0v) is 12.8. The molecule has 0 amide bonds. The highest BCUT2D eigenvalue weighted by atomic mass is 16.5. The fraction of sp³-hybridized carbons (Fsp3) is 0.647. The third kappa shape index (κ3) is 5.23. The van der Waals surface area contributed by atoms with Crippen LogP contribution in [0.1, 0.15) is 56.2 Å². The van der Waals surface area contributed by atoms with E-state index in [1.165, 1.54) is 31.2 Å². The van der Waals surface area contributed by atoms with Gasteiger partial charge in [-0.25, -0.2) is 0 Å². The maximum Gasteiger partial charge on any atom is 0.124 e. The van der Waals surface area contributed by atoms with Crippen LogP contribution in [0.25, 0.3) is 0 Å². The first-order valence-electron chi connectivity index (χ1n) is 7.45. The lowest BCUT2D eigenvalue weighted by Gasteiger charge is -2.15. The first-order chi connectivity index (χ1) is 9.08. The van der Waals surface area contributed by atoms with Gasteiger partial charge in [0.2, 0.25) is 0 Å². The number of rotatable bonds is 8. The number of ether oxygens (including phenoxy) is 1. The van der Waals surface area contributed by atoms with Crippen molar-refractivity contribution in [3.63, 3.8) is 0 Å². The first kappa shape index (κ1) is 16.0. The van der Waals surface area contributed by atoms with Crippen LogP contribution in [-0.2, 0) is 11.3 Å². The third-order valence-corrected chi connectivity index (χ3v) is 3.68. The average Bonchev–Trinajstić information content (AvgIpc) is 2.39. The lowest BCUT2D eigenvalue weighted by molar-refractivity contribution is 0.0806. The Labute approximate surface area is 117 Å². The molecule has 108 valence electrons. The van der Waals surface area contributed by atoms with Crippen LogP contribution in [0.2, 0.25) is 0 Å². The molecule has 1 rings (SSSR count). The minimum Gasteiger partial charge on any atom is -0.507 e. The molecule has 0 aliphatic rings. The Morgan fingerprint density at radius 1 is 1.21 bits per heavy atom. The quantitative estimate of drug-likeness (QED) is 0.734. The van der Waals surface area contributed by atoms with Gasteiger partial charge in [-0.15, -0.1) is 0 Å². The third-order valence-electron chi connectivity index (χ3n) is 3.68. The molecule has 1 aromatic rings. The molecule has 0 radical (unpaired) electrons. The molecule has 2 nitrogen and oxygen atoms in total. The average molecular weight is 264 g/mol. The van der Waals surface area contributed by atoms with Crippen LogP contribution >= 0.6 is 0 Å². The first-order valence-corrected chi connectivity index (χ1v) is 7.45. The Kier molecular flexibility index (Phi) is 6.93. The lowest BCUT2D eigenvalue weighted by atomic mass is 10.0. The Balaban J connectivity index is 2.48. The number of unbranched alkanes of at least 4 members (excludes halogenated alkanes) is 1. The fourth-order valence-corrected chi connectivity index (χ4v) is 2.39. The standard InChI is InChI=1S/C17H28O2/c1-5-7-8-15(6-2)11-19-12-16-10-13(3)9-14(4)17(16)18/h9-10,15,18H,5-8,11-12H2,1-4H3. The second-order valence-corrected chi connectivity index (χ2v) is 5.52. The molecule has 0 bridgehead atoms. The summed E-state index contributed by atoms with van der Waals surface area (Å²) in [5, 5.41) is 10.0. The number of phenols is 1. The molecule has 0 saturated carbocycles. The molecule has 0 aliphatic carbocycles. The van der Waals surface area contributed by atoms with Gasteiger partial charge >= 0.3 is 0 Å². The van der Waals surface area contributed by atoms with E-state index in [-0.39, 0.29) is 0 Å². The van der Waals surface area contributed by atoms with Crippen molar-refractivity contribution >= 4 is 0 Å². The summed E-state index contributed by atoms with van der Waals surface area (Å²) < 4.78 is 5.80. The van der Waals surface area contributed by atoms with E-state index < -0.39 is 0 Å². The minimum absolute atomic E-state index is 0.382. The van der Waals surface area contributed by atoms with Gasteiger partial charge in [0.05, 0.1) is 6.61 Å². The predicted molar refractivity (Wildman–Crippen MR) is 80.5 cm³/mol. The molecule has 0 aromatic heterocycles. The molecule has 19 heavy (non-hydrogen) atoms. The number of hydrogen-bond donors (Lipinski definition) is 1. The van der Waals surface area contributed by atoms with E-state index in [1.54, 1.807) is 0 Å². The SMILES string of the molecule is CCCCC(CC)COCc1cc(C)cc(C)c1O. The summed E-state index contributed by atoms with van der Waals surface area (Å²) in [6, 6.07) is 4.00. The van der Waals surface area contributed by atoms with Crippen molar-refractivity contribution in [1.82, 2.24) is 0 Å². The zero-order chi connectivity index (χ0) is 14.3. The largest absolute Gasteiger partial charge is 0.507 e. The molecule has 1 atom stereocenters. The highest BCUT2D eigenvalue weighted by molar-refractivity contribution is 5.42. The van der Waals surface area contributed by atoms with Crippen molar-refractivity contribution in [2.24, 2.45) is 5.92 Å². The van der Waals surface area contributed by atoms with Crippen molar-refractivity contribution in [1.29, 1.82) is 0 Å². The van der Waals surface area contributed by atoms with Crippen molar-refractivity contribution in [2.75, 3.05) is 6.61 Å². The van der Waals surface area contributed by atoms with E-state index in [1.807, 2.05) is 26.0 Å². The number of hydrogen-bond acceptors (Lipinski definition) is 2. The topological polar surface area (TPSA) is 29.5 Å². The van der Waals surface area contributed by atoms with Crippen molar-refractivity contribution in [3.05, 3.63) is 28.8 Å². The molecule has 0 aliphatic heterocycles. The second-order valence-electron chi connectivity index (χ2n) is 5.52. The van der Waals surface area contributed by atoms with Gasteiger partial charge in [0.15, 0.2) is 0 Å². The van der Waals surface area contributed by atoms with Crippen LogP contribution < -0.4 is 0 Å². The zero-order valence-electron chi connectivity index (χ0n) is 12.8. The van der Waals surface area contributed by atoms with Gasteiger partial charge in [-0.2, -0.15) is 0 Å². The Morgan fingerprint density at radius 2 is 1.95 bits per heavy atom. The number of aromatic hydroxyl groups is 1. The summed E-state index contributed by atoms with van der Waals surface area (Å²) in [7, 11) is 0. The number of aryl methyl sites for hydroxylation is 2. The molecule has 1 N–H and O–H groups in total. The van der Waals surface area contributed by atoms with Crippen LogP contribution in [0.5, 0.6) is 5.75 Å². The number of benzene rings is 1. The Morgan fingerprint density at radius 3 is 2.58 bits per heavy atom. The molecule has 0 fully saturated rings. The van der Waals surface area contributed by atoms with Gasteiger partial charge in [0.25, 0.3) is 0 Å². The molecular weight excluding hydrogens is 236 g/mol. The molecule has 1 aromatic carbocycles.